The lowest BCUT2D eigenvalue weighted by molar-refractivity contribution is 0.101. The Bertz CT molecular complexity index is 589. The van der Waals surface area contributed by atoms with E-state index in [4.69, 9.17) is 5.53 Å². The van der Waals surface area contributed by atoms with Gasteiger partial charge in [-0.25, -0.2) is 13.1 Å². The predicted octanol–water partition coefficient (Wildman–Crippen LogP) is 1.87. The maximum absolute atomic E-state index is 11.8. The molecule has 0 aliphatic rings. The number of rotatable bonds is 7. The largest absolute Gasteiger partial charge is 0.295 e. The number of hydrogen-bond acceptors (Lipinski definition) is 4. The number of benzene rings is 1. The molecular formula is C11H14N4O3S. The zero-order chi connectivity index (χ0) is 14.3. The van der Waals surface area contributed by atoms with Crippen molar-refractivity contribution in [1.82, 2.24) is 4.72 Å². The van der Waals surface area contributed by atoms with Gasteiger partial charge in [0.05, 0.1) is 4.90 Å². The topological polar surface area (TPSA) is 112 Å². The fourth-order valence-corrected chi connectivity index (χ4v) is 2.43. The van der Waals surface area contributed by atoms with Crippen molar-refractivity contribution in [3.8, 4) is 0 Å². The molecular weight excluding hydrogens is 268 g/mol. The van der Waals surface area contributed by atoms with Gasteiger partial charge >= 0.3 is 0 Å². The van der Waals surface area contributed by atoms with Crippen molar-refractivity contribution < 1.29 is 13.2 Å². The first-order chi connectivity index (χ1) is 8.97. The number of Topliss-reactive ketones (excluding diaryl/α,β-unsaturated/α-hetero) is 1. The van der Waals surface area contributed by atoms with Crippen molar-refractivity contribution in [2.45, 2.75) is 18.2 Å². The van der Waals surface area contributed by atoms with E-state index >= 15 is 0 Å². The lowest BCUT2D eigenvalue weighted by atomic mass is 10.2. The van der Waals surface area contributed by atoms with E-state index in [1.807, 2.05) is 0 Å². The highest BCUT2D eigenvalue weighted by atomic mass is 32.2. The normalized spacial score (nSPS) is 10.8. The summed E-state index contributed by atoms with van der Waals surface area (Å²) in [5.74, 6) is -0.119. The monoisotopic (exact) mass is 282 g/mol. The summed E-state index contributed by atoms with van der Waals surface area (Å²) in [6.45, 7) is 1.84. The van der Waals surface area contributed by atoms with Crippen molar-refractivity contribution in [2.75, 3.05) is 13.1 Å². The number of carbonyl (C=O) groups excluding carboxylic acids is 1. The fourth-order valence-electron chi connectivity index (χ4n) is 1.35. The first-order valence-electron chi connectivity index (χ1n) is 5.59. The molecule has 0 saturated carbocycles. The summed E-state index contributed by atoms with van der Waals surface area (Å²) in [5.41, 5.74) is 8.53. The standard InChI is InChI=1S/C11H14N4O3S/c1-9(16)10-3-5-11(6-4-10)19(17,18)14-8-2-7-13-15-12/h3-6,14H,2,7-8H2,1H3. The highest BCUT2D eigenvalue weighted by Crippen LogP contribution is 2.10. The van der Waals surface area contributed by atoms with Gasteiger partial charge in [0.1, 0.15) is 0 Å². The molecule has 0 amide bonds. The Kier molecular flexibility index (Phi) is 5.50. The van der Waals surface area contributed by atoms with E-state index in [1.54, 1.807) is 0 Å². The van der Waals surface area contributed by atoms with Crippen molar-refractivity contribution in [3.05, 3.63) is 40.3 Å². The average molecular weight is 282 g/mol. The Labute approximate surface area is 111 Å². The highest BCUT2D eigenvalue weighted by Gasteiger charge is 2.13. The number of carbonyl (C=O) groups is 1. The Hall–Kier alpha value is -1.89. The molecule has 7 nitrogen and oxygen atoms in total. The van der Waals surface area contributed by atoms with Gasteiger partial charge in [-0.05, 0) is 31.0 Å². The quantitative estimate of drug-likeness (QED) is 0.271. The van der Waals surface area contributed by atoms with Crippen LogP contribution in [0.1, 0.15) is 23.7 Å². The summed E-state index contributed by atoms with van der Waals surface area (Å²) in [6, 6.07) is 5.70. The van der Waals surface area contributed by atoms with Gasteiger partial charge in [-0.2, -0.15) is 0 Å². The second kappa shape index (κ2) is 6.89. The Balaban J connectivity index is 2.66. The molecule has 1 aromatic carbocycles. The van der Waals surface area contributed by atoms with Crippen LogP contribution in [0.5, 0.6) is 0 Å². The Morgan fingerprint density at radius 2 is 2.00 bits per heavy atom. The first kappa shape index (κ1) is 15.2. The average Bonchev–Trinajstić information content (AvgIpc) is 2.38. The maximum Gasteiger partial charge on any atom is 0.240 e. The van der Waals surface area contributed by atoms with Crippen LogP contribution < -0.4 is 4.72 Å². The molecule has 0 radical (unpaired) electrons. The lowest BCUT2D eigenvalue weighted by Crippen LogP contribution is -2.25. The van der Waals surface area contributed by atoms with Gasteiger partial charge in [0, 0.05) is 23.6 Å². The summed E-state index contributed by atoms with van der Waals surface area (Å²) >= 11 is 0. The second-order valence-corrected chi connectivity index (χ2v) is 5.55. The number of hydrogen-bond donors (Lipinski definition) is 1. The third-order valence-corrected chi connectivity index (χ3v) is 3.84. The predicted molar refractivity (Wildman–Crippen MR) is 70.3 cm³/mol. The van der Waals surface area contributed by atoms with Gasteiger partial charge < -0.3 is 0 Å². The summed E-state index contributed by atoms with van der Waals surface area (Å²) in [5, 5.41) is 3.30. The van der Waals surface area contributed by atoms with Crippen LogP contribution in [0.15, 0.2) is 34.3 Å². The highest BCUT2D eigenvalue weighted by molar-refractivity contribution is 7.89. The minimum absolute atomic E-state index is 0.0984. The van der Waals surface area contributed by atoms with E-state index in [1.165, 1.54) is 31.2 Å². The fraction of sp³-hybridized carbons (Fsp3) is 0.364. The van der Waals surface area contributed by atoms with Crippen molar-refractivity contribution in [1.29, 1.82) is 0 Å². The van der Waals surface area contributed by atoms with E-state index in [0.717, 1.165) is 0 Å². The van der Waals surface area contributed by atoms with Crippen molar-refractivity contribution >= 4 is 15.8 Å². The number of ketones is 1. The Morgan fingerprint density at radius 3 is 2.53 bits per heavy atom. The molecule has 0 aliphatic heterocycles. The van der Waals surface area contributed by atoms with Gasteiger partial charge in [-0.15, -0.1) is 0 Å². The van der Waals surface area contributed by atoms with E-state index < -0.39 is 10.0 Å². The van der Waals surface area contributed by atoms with Crippen molar-refractivity contribution in [2.24, 2.45) is 5.11 Å². The molecule has 1 aromatic rings. The van der Waals surface area contributed by atoms with Gasteiger partial charge in [-0.1, -0.05) is 17.2 Å². The maximum atomic E-state index is 11.8. The molecule has 0 spiro atoms. The van der Waals surface area contributed by atoms with E-state index in [2.05, 4.69) is 14.7 Å². The first-order valence-corrected chi connectivity index (χ1v) is 7.07. The number of sulfonamides is 1. The van der Waals surface area contributed by atoms with E-state index in [-0.39, 0.29) is 23.8 Å². The van der Waals surface area contributed by atoms with Gasteiger partial charge in [0.25, 0.3) is 0 Å². The molecule has 0 atom stereocenters. The van der Waals surface area contributed by atoms with E-state index in [9.17, 15) is 13.2 Å². The summed E-state index contributed by atoms with van der Waals surface area (Å²) in [4.78, 5) is 13.7. The molecule has 0 aliphatic carbocycles. The van der Waals surface area contributed by atoms with Gasteiger partial charge in [0.15, 0.2) is 5.78 Å². The van der Waals surface area contributed by atoms with Gasteiger partial charge in [0.2, 0.25) is 10.0 Å². The van der Waals surface area contributed by atoms with Gasteiger partial charge in [-0.3, -0.25) is 4.79 Å². The molecule has 1 N–H and O–H groups in total. The third kappa shape index (κ3) is 4.70. The van der Waals surface area contributed by atoms with Crippen LogP contribution in [0.4, 0.5) is 0 Å². The molecule has 0 heterocycles. The lowest BCUT2D eigenvalue weighted by Gasteiger charge is -2.06. The number of nitrogens with one attached hydrogen (secondary N) is 1. The van der Waals surface area contributed by atoms with Crippen LogP contribution >= 0.6 is 0 Å². The number of nitrogens with zero attached hydrogens (tertiary/aromatic N) is 3. The molecule has 102 valence electrons. The molecule has 1 rings (SSSR count). The zero-order valence-corrected chi connectivity index (χ0v) is 11.2. The van der Waals surface area contributed by atoms with E-state index in [0.29, 0.717) is 12.0 Å². The SMILES string of the molecule is CC(=O)c1ccc(S(=O)(=O)NCCCN=[N+]=[N-])cc1. The molecule has 0 aromatic heterocycles. The number of azide groups is 1. The summed E-state index contributed by atoms with van der Waals surface area (Å²) < 4.78 is 26.1. The van der Waals surface area contributed by atoms with Crippen LogP contribution in [0.3, 0.4) is 0 Å². The molecule has 0 bridgehead atoms. The van der Waals surface area contributed by atoms with Crippen LogP contribution in [0.25, 0.3) is 10.4 Å². The molecule has 8 heteroatoms. The van der Waals surface area contributed by atoms with Crippen LogP contribution in [0.2, 0.25) is 0 Å². The van der Waals surface area contributed by atoms with Crippen molar-refractivity contribution in [3.63, 3.8) is 0 Å². The minimum Gasteiger partial charge on any atom is -0.295 e. The Morgan fingerprint density at radius 1 is 1.37 bits per heavy atom. The molecule has 19 heavy (non-hydrogen) atoms. The summed E-state index contributed by atoms with van der Waals surface area (Å²) in [7, 11) is -3.59. The third-order valence-electron chi connectivity index (χ3n) is 2.36. The van der Waals surface area contributed by atoms with Crippen LogP contribution in [-0.2, 0) is 10.0 Å². The zero-order valence-electron chi connectivity index (χ0n) is 10.4. The van der Waals surface area contributed by atoms with Crippen LogP contribution in [0, 0.1) is 0 Å². The molecule has 0 unspecified atom stereocenters. The molecule has 0 saturated heterocycles. The molecule has 0 fully saturated rings. The minimum atomic E-state index is -3.59. The second-order valence-electron chi connectivity index (χ2n) is 3.79. The smallest absolute Gasteiger partial charge is 0.240 e. The summed E-state index contributed by atoms with van der Waals surface area (Å²) in [6.07, 6.45) is 0.425. The van der Waals surface area contributed by atoms with Crippen LogP contribution in [-0.4, -0.2) is 27.3 Å².